The summed E-state index contributed by atoms with van der Waals surface area (Å²) in [5.41, 5.74) is -0.122. The average molecular weight is 379 g/mol. The number of nitrogens with zero attached hydrogens (tertiary/aromatic N) is 1. The van der Waals surface area contributed by atoms with Crippen molar-refractivity contribution in [3.8, 4) is 5.75 Å². The quantitative estimate of drug-likeness (QED) is 0.814. The predicted molar refractivity (Wildman–Crippen MR) is 97.9 cm³/mol. The lowest BCUT2D eigenvalue weighted by Crippen LogP contribution is -2.41. The molecule has 2 aliphatic heterocycles. The fourth-order valence-corrected chi connectivity index (χ4v) is 2.95. The molecule has 1 fully saturated rings. The van der Waals surface area contributed by atoms with Crippen LogP contribution in [0.5, 0.6) is 5.75 Å². The second-order valence-corrected chi connectivity index (χ2v) is 7.76. The Morgan fingerprint density at radius 3 is 2.37 bits per heavy atom. The lowest BCUT2D eigenvalue weighted by Gasteiger charge is -2.32. The molecule has 1 saturated heterocycles. The van der Waals surface area contributed by atoms with Crippen LogP contribution in [0.4, 0.5) is 8.78 Å². The van der Waals surface area contributed by atoms with Gasteiger partial charge in [0, 0.05) is 18.2 Å². The second-order valence-electron chi connectivity index (χ2n) is 7.76. The van der Waals surface area contributed by atoms with E-state index in [0.717, 1.165) is 0 Å². The SMILES string of the molecule is COc1ccc(CN2C=C(B3OC(C)(C)C(C)(C)O3)C=C(F)C2O)cc1F. The van der Waals surface area contributed by atoms with Crippen molar-refractivity contribution in [2.75, 3.05) is 7.11 Å². The van der Waals surface area contributed by atoms with Crippen LogP contribution in [0.1, 0.15) is 33.3 Å². The molecule has 1 atom stereocenters. The standard InChI is InChI=1S/C19H24BF2NO4/c1-18(2)19(3,4)27-20(26-18)13-9-15(22)17(24)23(11-13)10-12-6-7-16(25-5)14(21)8-12/h6-9,11,17,24H,10H2,1-5H3. The number of aliphatic hydroxyl groups is 1. The molecular formula is C19H24BF2NO4. The monoisotopic (exact) mass is 379 g/mol. The molecule has 5 nitrogen and oxygen atoms in total. The van der Waals surface area contributed by atoms with Gasteiger partial charge in [-0.25, -0.2) is 8.78 Å². The van der Waals surface area contributed by atoms with E-state index in [9.17, 15) is 13.9 Å². The van der Waals surface area contributed by atoms with Crippen LogP contribution in [0.15, 0.2) is 41.8 Å². The largest absolute Gasteiger partial charge is 0.496 e. The van der Waals surface area contributed by atoms with Crippen LogP contribution in [0.3, 0.4) is 0 Å². The van der Waals surface area contributed by atoms with Crippen LogP contribution in [0.2, 0.25) is 0 Å². The molecule has 0 bridgehead atoms. The van der Waals surface area contributed by atoms with E-state index in [1.165, 1.54) is 30.2 Å². The normalized spacial score (nSPS) is 23.9. The van der Waals surface area contributed by atoms with Gasteiger partial charge in [-0.1, -0.05) is 6.07 Å². The van der Waals surface area contributed by atoms with Crippen molar-refractivity contribution in [3.63, 3.8) is 0 Å². The Morgan fingerprint density at radius 1 is 1.19 bits per heavy atom. The lowest BCUT2D eigenvalue weighted by molar-refractivity contribution is 0.00578. The van der Waals surface area contributed by atoms with Gasteiger partial charge in [0.05, 0.1) is 18.3 Å². The molecule has 0 radical (unpaired) electrons. The van der Waals surface area contributed by atoms with E-state index < -0.39 is 36.2 Å². The van der Waals surface area contributed by atoms with E-state index in [2.05, 4.69) is 0 Å². The fraction of sp³-hybridized carbons (Fsp3) is 0.474. The molecule has 1 unspecified atom stereocenters. The highest BCUT2D eigenvalue weighted by molar-refractivity contribution is 6.55. The van der Waals surface area contributed by atoms with Gasteiger partial charge in [0.25, 0.3) is 0 Å². The van der Waals surface area contributed by atoms with Gasteiger partial charge in [-0.15, -0.1) is 0 Å². The molecule has 2 aliphatic rings. The Hall–Kier alpha value is -1.90. The van der Waals surface area contributed by atoms with Gasteiger partial charge in [0.15, 0.2) is 17.8 Å². The van der Waals surface area contributed by atoms with Gasteiger partial charge in [0.1, 0.15) is 5.83 Å². The van der Waals surface area contributed by atoms with E-state index in [1.807, 2.05) is 27.7 Å². The van der Waals surface area contributed by atoms with Gasteiger partial charge < -0.3 is 24.1 Å². The minimum absolute atomic E-state index is 0.104. The van der Waals surface area contributed by atoms with E-state index in [1.54, 1.807) is 12.3 Å². The van der Waals surface area contributed by atoms with Crippen molar-refractivity contribution in [3.05, 3.63) is 53.2 Å². The molecule has 0 amide bonds. The zero-order chi connectivity index (χ0) is 20.0. The summed E-state index contributed by atoms with van der Waals surface area (Å²) in [4.78, 5) is 1.37. The number of allylic oxidation sites excluding steroid dienone is 2. The van der Waals surface area contributed by atoms with Crippen LogP contribution >= 0.6 is 0 Å². The van der Waals surface area contributed by atoms with Crippen molar-refractivity contribution in [2.24, 2.45) is 0 Å². The molecule has 146 valence electrons. The summed E-state index contributed by atoms with van der Waals surface area (Å²) in [6.07, 6.45) is 1.34. The van der Waals surface area contributed by atoms with Crippen LogP contribution in [0, 0.1) is 5.82 Å². The minimum Gasteiger partial charge on any atom is -0.494 e. The van der Waals surface area contributed by atoms with E-state index >= 15 is 0 Å². The first-order chi connectivity index (χ1) is 12.5. The number of aliphatic hydroxyl groups excluding tert-OH is 1. The van der Waals surface area contributed by atoms with Crippen molar-refractivity contribution in [2.45, 2.75) is 51.7 Å². The molecule has 3 rings (SSSR count). The molecular weight excluding hydrogens is 355 g/mol. The molecule has 1 N–H and O–H groups in total. The highest BCUT2D eigenvalue weighted by atomic mass is 19.1. The number of hydrogen-bond donors (Lipinski definition) is 1. The van der Waals surface area contributed by atoms with Crippen molar-refractivity contribution in [1.82, 2.24) is 4.90 Å². The number of ether oxygens (including phenoxy) is 1. The summed E-state index contributed by atoms with van der Waals surface area (Å²) < 4.78 is 45.1. The molecule has 0 spiro atoms. The first-order valence-electron chi connectivity index (χ1n) is 8.75. The Kier molecular flexibility index (Phi) is 5.09. The predicted octanol–water partition coefficient (Wildman–Crippen LogP) is 3.34. The molecule has 8 heteroatoms. The molecule has 27 heavy (non-hydrogen) atoms. The summed E-state index contributed by atoms with van der Waals surface area (Å²) in [6, 6.07) is 4.45. The molecule has 1 aromatic carbocycles. The zero-order valence-electron chi connectivity index (χ0n) is 16.1. The number of rotatable bonds is 4. The van der Waals surface area contributed by atoms with E-state index in [4.69, 9.17) is 14.0 Å². The maximum absolute atomic E-state index is 14.3. The molecule has 2 heterocycles. The molecule has 0 saturated carbocycles. The van der Waals surface area contributed by atoms with Gasteiger partial charge >= 0.3 is 7.12 Å². The third-order valence-electron chi connectivity index (χ3n) is 5.29. The van der Waals surface area contributed by atoms with Crippen LogP contribution < -0.4 is 4.74 Å². The van der Waals surface area contributed by atoms with Gasteiger partial charge in [0.2, 0.25) is 0 Å². The zero-order valence-corrected chi connectivity index (χ0v) is 16.1. The first-order valence-corrected chi connectivity index (χ1v) is 8.75. The van der Waals surface area contributed by atoms with Crippen LogP contribution in [-0.2, 0) is 15.9 Å². The number of halogens is 2. The third-order valence-corrected chi connectivity index (χ3v) is 5.29. The van der Waals surface area contributed by atoms with E-state index in [-0.39, 0.29) is 12.3 Å². The van der Waals surface area contributed by atoms with Gasteiger partial charge in [-0.3, -0.25) is 0 Å². The Morgan fingerprint density at radius 2 is 1.81 bits per heavy atom. The summed E-state index contributed by atoms with van der Waals surface area (Å²) in [6.45, 7) is 7.73. The van der Waals surface area contributed by atoms with Crippen molar-refractivity contribution < 1.29 is 27.9 Å². The smallest absolute Gasteiger partial charge is 0.494 e. The fourth-order valence-electron chi connectivity index (χ4n) is 2.95. The summed E-state index contributed by atoms with van der Waals surface area (Å²) in [5.74, 6) is -1.12. The highest BCUT2D eigenvalue weighted by Gasteiger charge is 2.52. The Bertz CT molecular complexity index is 778. The molecule has 1 aromatic rings. The van der Waals surface area contributed by atoms with Gasteiger partial charge in [-0.05, 0) is 51.5 Å². The third kappa shape index (κ3) is 3.74. The number of methoxy groups -OCH3 is 1. The molecule has 0 aliphatic carbocycles. The van der Waals surface area contributed by atoms with Crippen LogP contribution in [-0.4, -0.2) is 41.7 Å². The minimum atomic E-state index is -1.46. The maximum Gasteiger partial charge on any atom is 0.496 e. The Balaban J connectivity index is 1.84. The second kappa shape index (κ2) is 6.93. The molecule has 0 aromatic heterocycles. The summed E-state index contributed by atoms with van der Waals surface area (Å²) in [5, 5.41) is 10.2. The lowest BCUT2D eigenvalue weighted by atomic mass is 9.77. The average Bonchev–Trinajstić information content (AvgIpc) is 2.79. The maximum atomic E-state index is 14.3. The van der Waals surface area contributed by atoms with Gasteiger partial charge in [-0.2, -0.15) is 0 Å². The summed E-state index contributed by atoms with van der Waals surface area (Å²) in [7, 11) is 0.620. The Labute approximate surface area is 158 Å². The number of benzene rings is 1. The summed E-state index contributed by atoms with van der Waals surface area (Å²) >= 11 is 0. The van der Waals surface area contributed by atoms with Crippen molar-refractivity contribution >= 4 is 7.12 Å². The number of hydrogen-bond acceptors (Lipinski definition) is 5. The van der Waals surface area contributed by atoms with Crippen LogP contribution in [0.25, 0.3) is 0 Å². The van der Waals surface area contributed by atoms with Crippen molar-refractivity contribution in [1.29, 1.82) is 0 Å². The first kappa shape index (κ1) is 19.9. The topological polar surface area (TPSA) is 51.2 Å². The highest BCUT2D eigenvalue weighted by Crippen LogP contribution is 2.40. The van der Waals surface area contributed by atoms with E-state index in [0.29, 0.717) is 11.0 Å².